The van der Waals surface area contributed by atoms with Crippen LogP contribution in [0.3, 0.4) is 0 Å². The fourth-order valence-electron chi connectivity index (χ4n) is 1.85. The van der Waals surface area contributed by atoms with Crippen LogP contribution in [-0.4, -0.2) is 18.2 Å². The van der Waals surface area contributed by atoms with Gasteiger partial charge in [-0.05, 0) is 36.2 Å². The van der Waals surface area contributed by atoms with Crippen LogP contribution in [0.25, 0.3) is 0 Å². The fourth-order valence-corrected chi connectivity index (χ4v) is 2.86. The van der Waals surface area contributed by atoms with E-state index in [-0.39, 0.29) is 5.91 Å². The number of anilines is 1. The van der Waals surface area contributed by atoms with Crippen molar-refractivity contribution in [2.45, 2.75) is 11.3 Å². The number of nitrogens with two attached hydrogens (primary N) is 1. The highest BCUT2D eigenvalue weighted by Gasteiger charge is 2.04. The third kappa shape index (κ3) is 5.33. The Bertz CT molecular complexity index is 619. The van der Waals surface area contributed by atoms with Crippen LogP contribution in [0.4, 0.5) is 5.69 Å². The summed E-state index contributed by atoms with van der Waals surface area (Å²) in [4.78, 5) is 12.7. The Morgan fingerprint density at radius 3 is 2.76 bits per heavy atom. The molecule has 0 aliphatic carbocycles. The van der Waals surface area contributed by atoms with Crippen LogP contribution < -0.4 is 11.1 Å². The number of halogens is 1. The predicted molar refractivity (Wildman–Crippen MR) is 89.7 cm³/mol. The van der Waals surface area contributed by atoms with Gasteiger partial charge in [-0.3, -0.25) is 4.79 Å². The van der Waals surface area contributed by atoms with Gasteiger partial charge in [0.25, 0.3) is 0 Å². The van der Waals surface area contributed by atoms with Gasteiger partial charge in [0.1, 0.15) is 0 Å². The van der Waals surface area contributed by atoms with Gasteiger partial charge in [-0.15, -0.1) is 11.8 Å². The highest BCUT2D eigenvalue weighted by molar-refractivity contribution is 8.00. The largest absolute Gasteiger partial charge is 0.398 e. The van der Waals surface area contributed by atoms with Crippen LogP contribution in [0.2, 0.25) is 5.02 Å². The monoisotopic (exact) mass is 320 g/mol. The summed E-state index contributed by atoms with van der Waals surface area (Å²) < 4.78 is 0. The summed E-state index contributed by atoms with van der Waals surface area (Å²) >= 11 is 7.36. The molecule has 0 atom stereocenters. The van der Waals surface area contributed by atoms with Crippen LogP contribution in [0, 0.1) is 0 Å². The zero-order valence-electron chi connectivity index (χ0n) is 11.5. The molecule has 3 N–H and O–H groups in total. The van der Waals surface area contributed by atoms with Crippen LogP contribution >= 0.6 is 23.4 Å². The molecule has 110 valence electrons. The lowest BCUT2D eigenvalue weighted by atomic mass is 10.1. The Labute approximate surface area is 133 Å². The molecule has 0 saturated carbocycles. The minimum atomic E-state index is 0.00489. The van der Waals surface area contributed by atoms with Crippen molar-refractivity contribution < 1.29 is 4.79 Å². The van der Waals surface area contributed by atoms with Crippen molar-refractivity contribution in [3.8, 4) is 0 Å². The molecule has 0 heterocycles. The molecule has 3 nitrogen and oxygen atoms in total. The molecular formula is C16H17ClN2OS. The number of nitrogens with one attached hydrogen (secondary N) is 1. The zero-order chi connectivity index (χ0) is 15.1. The van der Waals surface area contributed by atoms with Gasteiger partial charge in [-0.1, -0.05) is 35.9 Å². The van der Waals surface area contributed by atoms with Crippen molar-refractivity contribution in [1.82, 2.24) is 5.32 Å². The summed E-state index contributed by atoms with van der Waals surface area (Å²) in [5.41, 5.74) is 7.65. The van der Waals surface area contributed by atoms with Crippen LogP contribution in [0.1, 0.15) is 5.56 Å². The van der Waals surface area contributed by atoms with Crippen molar-refractivity contribution in [2.75, 3.05) is 18.0 Å². The van der Waals surface area contributed by atoms with Gasteiger partial charge in [-0.2, -0.15) is 0 Å². The Morgan fingerprint density at radius 2 is 2.00 bits per heavy atom. The maximum absolute atomic E-state index is 11.8. The molecule has 0 fully saturated rings. The molecular weight excluding hydrogens is 304 g/mol. The van der Waals surface area contributed by atoms with E-state index >= 15 is 0 Å². The molecule has 2 aromatic rings. The molecule has 0 radical (unpaired) electrons. The highest BCUT2D eigenvalue weighted by atomic mass is 35.5. The maximum Gasteiger partial charge on any atom is 0.230 e. The predicted octanol–water partition coefficient (Wildman–Crippen LogP) is 3.37. The molecule has 5 heteroatoms. The number of rotatable bonds is 6. The van der Waals surface area contributed by atoms with Crippen molar-refractivity contribution in [1.29, 1.82) is 0 Å². The standard InChI is InChI=1S/C16H17ClN2OS/c17-13-5-3-4-12(10-13)8-9-19-16(20)11-21-15-7-2-1-6-14(15)18/h1-7,10H,8-9,11,18H2,(H,19,20). The zero-order valence-corrected chi connectivity index (χ0v) is 13.1. The molecule has 1 amide bonds. The number of thioether (sulfide) groups is 1. The number of benzene rings is 2. The van der Waals surface area contributed by atoms with Crippen molar-refractivity contribution in [3.63, 3.8) is 0 Å². The van der Waals surface area contributed by atoms with Gasteiger partial charge < -0.3 is 11.1 Å². The van der Waals surface area contributed by atoms with Gasteiger partial charge >= 0.3 is 0 Å². The molecule has 0 saturated heterocycles. The number of hydrogen-bond acceptors (Lipinski definition) is 3. The minimum Gasteiger partial charge on any atom is -0.398 e. The SMILES string of the molecule is Nc1ccccc1SCC(=O)NCCc1cccc(Cl)c1. The summed E-state index contributed by atoms with van der Waals surface area (Å²) in [6.07, 6.45) is 0.768. The summed E-state index contributed by atoms with van der Waals surface area (Å²) in [5.74, 6) is 0.370. The number of hydrogen-bond donors (Lipinski definition) is 2. The first-order chi connectivity index (χ1) is 10.1. The van der Waals surface area contributed by atoms with E-state index in [1.165, 1.54) is 11.8 Å². The van der Waals surface area contributed by atoms with E-state index in [2.05, 4.69) is 5.32 Å². The maximum atomic E-state index is 11.8. The molecule has 0 spiro atoms. The highest BCUT2D eigenvalue weighted by Crippen LogP contribution is 2.23. The normalized spacial score (nSPS) is 10.3. The average molecular weight is 321 g/mol. The van der Waals surface area contributed by atoms with Gasteiger partial charge in [0, 0.05) is 22.2 Å². The van der Waals surface area contributed by atoms with Crippen LogP contribution in [-0.2, 0) is 11.2 Å². The summed E-state index contributed by atoms with van der Waals surface area (Å²) in [6.45, 7) is 0.601. The first kappa shape index (κ1) is 15.7. The van der Waals surface area contributed by atoms with Gasteiger partial charge in [0.15, 0.2) is 0 Å². The average Bonchev–Trinajstić information content (AvgIpc) is 2.46. The second kappa shape index (κ2) is 7.96. The van der Waals surface area contributed by atoms with Crippen LogP contribution in [0.5, 0.6) is 0 Å². The van der Waals surface area contributed by atoms with Gasteiger partial charge in [0.2, 0.25) is 5.91 Å². The summed E-state index contributed by atoms with van der Waals surface area (Å²) in [5, 5.41) is 3.61. The second-order valence-corrected chi connectivity index (χ2v) is 6.01. The molecule has 0 aliphatic heterocycles. The number of carbonyl (C=O) groups excluding carboxylic acids is 1. The fraction of sp³-hybridized carbons (Fsp3) is 0.188. The molecule has 0 aliphatic rings. The number of amides is 1. The lowest BCUT2D eigenvalue weighted by Gasteiger charge is -2.07. The minimum absolute atomic E-state index is 0.00489. The summed E-state index contributed by atoms with van der Waals surface area (Å²) in [7, 11) is 0. The molecule has 21 heavy (non-hydrogen) atoms. The topological polar surface area (TPSA) is 55.1 Å². The van der Waals surface area contributed by atoms with E-state index in [0.29, 0.717) is 23.0 Å². The Balaban J connectivity index is 1.72. The van der Waals surface area contributed by atoms with Gasteiger partial charge in [-0.25, -0.2) is 0 Å². The first-order valence-electron chi connectivity index (χ1n) is 6.63. The number of carbonyl (C=O) groups is 1. The van der Waals surface area contributed by atoms with Crippen molar-refractivity contribution in [3.05, 3.63) is 59.1 Å². The Morgan fingerprint density at radius 1 is 1.19 bits per heavy atom. The second-order valence-electron chi connectivity index (χ2n) is 4.56. The molecule has 2 aromatic carbocycles. The van der Waals surface area contributed by atoms with Gasteiger partial charge in [0.05, 0.1) is 5.75 Å². The van der Waals surface area contributed by atoms with E-state index in [1.54, 1.807) is 0 Å². The van der Waals surface area contributed by atoms with E-state index in [9.17, 15) is 4.79 Å². The Hall–Kier alpha value is -1.65. The van der Waals surface area contributed by atoms with Crippen molar-refractivity contribution >= 4 is 35.0 Å². The molecule has 0 bridgehead atoms. The van der Waals surface area contributed by atoms with E-state index in [4.69, 9.17) is 17.3 Å². The van der Waals surface area contributed by atoms with E-state index in [1.807, 2.05) is 48.5 Å². The smallest absolute Gasteiger partial charge is 0.230 e. The summed E-state index contributed by atoms with van der Waals surface area (Å²) in [6, 6.07) is 15.2. The molecule has 2 rings (SSSR count). The third-order valence-corrected chi connectivity index (χ3v) is 4.23. The quantitative estimate of drug-likeness (QED) is 0.634. The third-order valence-electron chi connectivity index (χ3n) is 2.90. The van der Waals surface area contributed by atoms with E-state index < -0.39 is 0 Å². The first-order valence-corrected chi connectivity index (χ1v) is 8.00. The number of nitrogen functional groups attached to an aromatic ring is 1. The lowest BCUT2D eigenvalue weighted by Crippen LogP contribution is -2.27. The van der Waals surface area contributed by atoms with Crippen molar-refractivity contribution in [2.24, 2.45) is 0 Å². The number of para-hydroxylation sites is 1. The lowest BCUT2D eigenvalue weighted by molar-refractivity contribution is -0.118. The molecule has 0 unspecified atom stereocenters. The Kier molecular flexibility index (Phi) is 5.96. The van der Waals surface area contributed by atoms with E-state index in [0.717, 1.165) is 16.9 Å². The van der Waals surface area contributed by atoms with Crippen LogP contribution in [0.15, 0.2) is 53.4 Å². The molecule has 0 aromatic heterocycles.